The van der Waals surface area contributed by atoms with E-state index in [-0.39, 0.29) is 18.3 Å². The summed E-state index contributed by atoms with van der Waals surface area (Å²) in [6.07, 6.45) is 0. The van der Waals surface area contributed by atoms with E-state index in [1.54, 1.807) is 48.5 Å². The quantitative estimate of drug-likeness (QED) is 0.565. The van der Waals surface area contributed by atoms with Crippen molar-refractivity contribution < 1.29 is 14.3 Å². The topological polar surface area (TPSA) is 55.4 Å². The molecule has 3 aromatic carbocycles. The van der Waals surface area contributed by atoms with Crippen LogP contribution < -0.4 is 10.1 Å². The third kappa shape index (κ3) is 4.59. The number of ether oxygens (including phenoxy) is 1. The normalized spacial score (nSPS) is 10.4. The number of hydrogen-bond acceptors (Lipinski definition) is 3. The van der Waals surface area contributed by atoms with Crippen molar-refractivity contribution in [3.05, 3.63) is 94.0 Å². The summed E-state index contributed by atoms with van der Waals surface area (Å²) in [6.45, 7) is 3.78. The number of carbonyl (C=O) groups excluding carboxylic acids is 2. The van der Waals surface area contributed by atoms with Crippen LogP contribution in [0.4, 0.5) is 5.69 Å². The molecule has 4 nitrogen and oxygen atoms in total. The fourth-order valence-corrected chi connectivity index (χ4v) is 2.84. The van der Waals surface area contributed by atoms with Crippen LogP contribution in [-0.2, 0) is 0 Å². The van der Waals surface area contributed by atoms with E-state index in [4.69, 9.17) is 16.3 Å². The van der Waals surface area contributed by atoms with Crippen molar-refractivity contribution in [2.45, 2.75) is 13.8 Å². The summed E-state index contributed by atoms with van der Waals surface area (Å²) in [4.78, 5) is 25.1. The number of benzene rings is 3. The van der Waals surface area contributed by atoms with Crippen molar-refractivity contribution in [1.29, 1.82) is 0 Å². The molecule has 0 aliphatic rings. The van der Waals surface area contributed by atoms with E-state index in [1.807, 2.05) is 32.0 Å². The summed E-state index contributed by atoms with van der Waals surface area (Å²) in [5.41, 5.74) is 3.72. The lowest BCUT2D eigenvalue weighted by Crippen LogP contribution is -2.17. The van der Waals surface area contributed by atoms with Gasteiger partial charge in [-0.25, -0.2) is 0 Å². The van der Waals surface area contributed by atoms with E-state index in [9.17, 15) is 9.59 Å². The standard InChI is InChI=1S/C23H20ClNO3/c1-15-6-5-8-20(16(15)2)25-23(27)19-7-3-4-9-22(19)28-14-21(26)17-10-12-18(24)13-11-17/h3-13H,14H2,1-2H3,(H,25,27). The Morgan fingerprint density at radius 3 is 2.39 bits per heavy atom. The van der Waals surface area contributed by atoms with Crippen LogP contribution in [0.25, 0.3) is 0 Å². The highest BCUT2D eigenvalue weighted by molar-refractivity contribution is 6.30. The second-order valence-corrected chi connectivity index (χ2v) is 6.85. The molecule has 142 valence electrons. The summed E-state index contributed by atoms with van der Waals surface area (Å²) in [5, 5.41) is 3.48. The van der Waals surface area contributed by atoms with E-state index in [0.29, 0.717) is 21.9 Å². The fourth-order valence-electron chi connectivity index (χ4n) is 2.72. The predicted octanol–water partition coefficient (Wildman–Crippen LogP) is 5.47. The molecule has 0 spiro atoms. The smallest absolute Gasteiger partial charge is 0.259 e. The van der Waals surface area contributed by atoms with Gasteiger partial charge < -0.3 is 10.1 Å². The number of para-hydroxylation sites is 1. The Labute approximate surface area is 169 Å². The van der Waals surface area contributed by atoms with Crippen LogP contribution >= 0.6 is 11.6 Å². The summed E-state index contributed by atoms with van der Waals surface area (Å²) in [7, 11) is 0. The molecule has 0 atom stereocenters. The average Bonchev–Trinajstić information content (AvgIpc) is 2.70. The van der Waals surface area contributed by atoms with Crippen molar-refractivity contribution in [1.82, 2.24) is 0 Å². The molecule has 0 aromatic heterocycles. The highest BCUT2D eigenvalue weighted by Gasteiger charge is 2.15. The maximum Gasteiger partial charge on any atom is 0.259 e. The van der Waals surface area contributed by atoms with Gasteiger partial charge in [-0.2, -0.15) is 0 Å². The van der Waals surface area contributed by atoms with Crippen LogP contribution in [0.15, 0.2) is 66.7 Å². The number of anilines is 1. The van der Waals surface area contributed by atoms with Crippen molar-refractivity contribution in [3.8, 4) is 5.75 Å². The van der Waals surface area contributed by atoms with Gasteiger partial charge in [-0.15, -0.1) is 0 Å². The summed E-state index contributed by atoms with van der Waals surface area (Å²) in [6, 6.07) is 19.2. The number of rotatable bonds is 6. The zero-order valence-electron chi connectivity index (χ0n) is 15.7. The van der Waals surface area contributed by atoms with Crippen LogP contribution in [-0.4, -0.2) is 18.3 Å². The van der Waals surface area contributed by atoms with E-state index in [1.165, 1.54) is 0 Å². The zero-order valence-corrected chi connectivity index (χ0v) is 16.4. The number of carbonyl (C=O) groups is 2. The Kier molecular flexibility index (Phi) is 6.12. The Balaban J connectivity index is 1.73. The third-order valence-corrected chi connectivity index (χ3v) is 4.76. The van der Waals surface area contributed by atoms with Gasteiger partial charge in [0.2, 0.25) is 0 Å². The molecule has 1 N–H and O–H groups in total. The average molecular weight is 394 g/mol. The van der Waals surface area contributed by atoms with Crippen molar-refractivity contribution in [3.63, 3.8) is 0 Å². The van der Waals surface area contributed by atoms with Crippen LogP contribution in [0.2, 0.25) is 5.02 Å². The van der Waals surface area contributed by atoms with Gasteiger partial charge in [-0.1, -0.05) is 35.9 Å². The Morgan fingerprint density at radius 1 is 0.929 bits per heavy atom. The first-order chi connectivity index (χ1) is 13.5. The monoisotopic (exact) mass is 393 g/mol. The number of hydrogen-bond donors (Lipinski definition) is 1. The number of amides is 1. The molecule has 5 heteroatoms. The second-order valence-electron chi connectivity index (χ2n) is 6.42. The van der Waals surface area contributed by atoms with Gasteiger partial charge in [0.15, 0.2) is 12.4 Å². The number of Topliss-reactive ketones (excluding diaryl/α,β-unsaturated/α-hetero) is 1. The van der Waals surface area contributed by atoms with E-state index in [2.05, 4.69) is 5.32 Å². The van der Waals surface area contributed by atoms with Gasteiger partial charge >= 0.3 is 0 Å². The minimum absolute atomic E-state index is 0.171. The molecule has 0 unspecified atom stereocenters. The van der Waals surface area contributed by atoms with E-state index in [0.717, 1.165) is 16.8 Å². The summed E-state index contributed by atoms with van der Waals surface area (Å²) in [5.74, 6) is -0.128. The Hall–Kier alpha value is -3.11. The first kappa shape index (κ1) is 19.6. The van der Waals surface area contributed by atoms with Gasteiger partial charge in [-0.05, 0) is 67.4 Å². The molecule has 0 bridgehead atoms. The maximum atomic E-state index is 12.8. The minimum Gasteiger partial charge on any atom is -0.485 e. The lowest BCUT2D eigenvalue weighted by Gasteiger charge is -2.13. The van der Waals surface area contributed by atoms with Crippen LogP contribution in [0.5, 0.6) is 5.75 Å². The first-order valence-corrected chi connectivity index (χ1v) is 9.21. The van der Waals surface area contributed by atoms with Gasteiger partial charge in [0.1, 0.15) is 5.75 Å². The van der Waals surface area contributed by atoms with Gasteiger partial charge in [-0.3, -0.25) is 9.59 Å². The van der Waals surface area contributed by atoms with Gasteiger partial charge in [0.05, 0.1) is 5.56 Å². The predicted molar refractivity (Wildman–Crippen MR) is 112 cm³/mol. The van der Waals surface area contributed by atoms with Crippen LogP contribution in [0.1, 0.15) is 31.8 Å². The number of ketones is 1. The Bertz CT molecular complexity index is 1010. The van der Waals surface area contributed by atoms with Gasteiger partial charge in [0, 0.05) is 16.3 Å². The summed E-state index contributed by atoms with van der Waals surface area (Å²) >= 11 is 5.85. The molecule has 0 heterocycles. The molecule has 0 saturated heterocycles. The lowest BCUT2D eigenvalue weighted by atomic mass is 10.1. The molecule has 0 aliphatic heterocycles. The van der Waals surface area contributed by atoms with Crippen LogP contribution in [0, 0.1) is 13.8 Å². The van der Waals surface area contributed by atoms with E-state index >= 15 is 0 Å². The Morgan fingerprint density at radius 2 is 1.64 bits per heavy atom. The largest absolute Gasteiger partial charge is 0.485 e. The third-order valence-electron chi connectivity index (χ3n) is 4.51. The van der Waals surface area contributed by atoms with Crippen LogP contribution in [0.3, 0.4) is 0 Å². The highest BCUT2D eigenvalue weighted by atomic mass is 35.5. The fraction of sp³-hybridized carbons (Fsp3) is 0.130. The number of halogens is 1. The molecule has 0 aliphatic carbocycles. The SMILES string of the molecule is Cc1cccc(NC(=O)c2ccccc2OCC(=O)c2ccc(Cl)cc2)c1C. The van der Waals surface area contributed by atoms with Crippen molar-refractivity contribution in [2.75, 3.05) is 11.9 Å². The molecule has 1 amide bonds. The molecule has 3 rings (SSSR count). The molecular formula is C23H20ClNO3. The highest BCUT2D eigenvalue weighted by Crippen LogP contribution is 2.23. The minimum atomic E-state index is -0.289. The molecule has 3 aromatic rings. The zero-order chi connectivity index (χ0) is 20.1. The van der Waals surface area contributed by atoms with Crippen molar-refractivity contribution in [2.24, 2.45) is 0 Å². The molecular weight excluding hydrogens is 374 g/mol. The number of aryl methyl sites for hydroxylation is 1. The lowest BCUT2D eigenvalue weighted by molar-refractivity contribution is 0.0914. The summed E-state index contributed by atoms with van der Waals surface area (Å²) < 4.78 is 5.65. The van der Waals surface area contributed by atoms with Gasteiger partial charge in [0.25, 0.3) is 5.91 Å². The van der Waals surface area contributed by atoms with Crippen molar-refractivity contribution >= 4 is 29.0 Å². The van der Waals surface area contributed by atoms with E-state index < -0.39 is 0 Å². The second kappa shape index (κ2) is 8.72. The maximum absolute atomic E-state index is 12.8. The molecule has 28 heavy (non-hydrogen) atoms. The number of nitrogens with one attached hydrogen (secondary N) is 1. The molecule has 0 fully saturated rings. The molecule has 0 saturated carbocycles. The molecule has 0 radical (unpaired) electrons. The first-order valence-electron chi connectivity index (χ1n) is 8.84.